The van der Waals surface area contributed by atoms with Crippen LogP contribution in [-0.2, 0) is 24.3 Å². The first-order chi connectivity index (χ1) is 18.7. The molecule has 7 nitrogen and oxygen atoms in total. The number of nitrogens with one attached hydrogen (secondary N) is 1. The zero-order valence-corrected chi connectivity index (χ0v) is 21.8. The number of nitrogens with zero attached hydrogens (tertiary/aromatic N) is 4. The summed E-state index contributed by atoms with van der Waals surface area (Å²) in [4.78, 5) is 37.2. The van der Waals surface area contributed by atoms with E-state index < -0.39 is 0 Å². The molecular formula is C31H35N5O2. The molecular weight excluding hydrogens is 474 g/mol. The average molecular weight is 510 g/mol. The van der Waals surface area contributed by atoms with Crippen molar-refractivity contribution in [1.29, 1.82) is 0 Å². The highest BCUT2D eigenvalue weighted by Gasteiger charge is 2.27. The molecule has 1 saturated carbocycles. The fourth-order valence-corrected chi connectivity index (χ4v) is 5.36. The summed E-state index contributed by atoms with van der Waals surface area (Å²) in [7, 11) is 0. The molecule has 0 aliphatic heterocycles. The van der Waals surface area contributed by atoms with Crippen LogP contribution in [-0.4, -0.2) is 43.8 Å². The first-order valence-corrected chi connectivity index (χ1v) is 13.6. The minimum absolute atomic E-state index is 0.134. The van der Waals surface area contributed by atoms with Crippen molar-refractivity contribution >= 4 is 22.8 Å². The van der Waals surface area contributed by atoms with E-state index in [1.54, 1.807) is 24.5 Å². The Morgan fingerprint density at radius 3 is 2.53 bits per heavy atom. The maximum atomic E-state index is 13.9. The molecule has 1 aliphatic carbocycles. The minimum atomic E-state index is -0.134. The maximum absolute atomic E-state index is 13.9. The van der Waals surface area contributed by atoms with Crippen molar-refractivity contribution in [3.8, 4) is 0 Å². The van der Waals surface area contributed by atoms with Crippen LogP contribution >= 0.6 is 0 Å². The quantitative estimate of drug-likeness (QED) is 0.300. The molecule has 1 N–H and O–H groups in total. The number of benzene rings is 2. The largest absolute Gasteiger partial charge is 0.352 e. The number of amides is 2. The average Bonchev–Trinajstić information content (AvgIpc) is 3.32. The molecule has 2 aromatic heterocycles. The number of imidazole rings is 1. The van der Waals surface area contributed by atoms with Crippen LogP contribution in [0, 0.1) is 0 Å². The van der Waals surface area contributed by atoms with Crippen molar-refractivity contribution < 1.29 is 9.59 Å². The van der Waals surface area contributed by atoms with Crippen molar-refractivity contribution in [3.63, 3.8) is 0 Å². The highest BCUT2D eigenvalue weighted by molar-refractivity contribution is 5.93. The van der Waals surface area contributed by atoms with E-state index in [1.165, 1.54) is 19.3 Å². The highest BCUT2D eigenvalue weighted by Crippen LogP contribution is 2.25. The number of carbonyl (C=O) groups excluding carboxylic acids is 2. The van der Waals surface area contributed by atoms with Crippen molar-refractivity contribution in [1.82, 2.24) is 24.8 Å². The molecule has 4 aromatic rings. The summed E-state index contributed by atoms with van der Waals surface area (Å²) >= 11 is 0. The van der Waals surface area contributed by atoms with E-state index in [2.05, 4.69) is 31.9 Å². The van der Waals surface area contributed by atoms with Gasteiger partial charge in [-0.25, -0.2) is 4.98 Å². The molecule has 0 bridgehead atoms. The lowest BCUT2D eigenvalue weighted by Crippen LogP contribution is -2.42. The first kappa shape index (κ1) is 25.6. The maximum Gasteiger partial charge on any atom is 0.252 e. The van der Waals surface area contributed by atoms with Gasteiger partial charge in [0.1, 0.15) is 12.4 Å². The van der Waals surface area contributed by atoms with E-state index in [0.717, 1.165) is 41.7 Å². The SMILES string of the molecule is O=C(NCCCc1nc2ccccc2n1CC(=O)N(Cc1ccccc1)C1CCCCC1)c1cccnc1. The molecule has 2 amide bonds. The van der Waals surface area contributed by atoms with Crippen molar-refractivity contribution in [2.75, 3.05) is 6.54 Å². The summed E-state index contributed by atoms with van der Waals surface area (Å²) in [5, 5.41) is 2.96. The Labute approximate surface area is 223 Å². The van der Waals surface area contributed by atoms with Crippen LogP contribution in [0.5, 0.6) is 0 Å². The zero-order valence-electron chi connectivity index (χ0n) is 21.8. The van der Waals surface area contributed by atoms with Crippen molar-refractivity contribution in [2.24, 2.45) is 0 Å². The van der Waals surface area contributed by atoms with Gasteiger partial charge < -0.3 is 14.8 Å². The molecule has 0 spiro atoms. The second-order valence-corrected chi connectivity index (χ2v) is 10.0. The lowest BCUT2D eigenvalue weighted by Gasteiger charge is -2.35. The first-order valence-electron chi connectivity index (χ1n) is 13.6. The van der Waals surface area contributed by atoms with E-state index in [1.807, 2.05) is 42.5 Å². The molecule has 0 radical (unpaired) electrons. The number of rotatable bonds is 10. The minimum Gasteiger partial charge on any atom is -0.352 e. The second kappa shape index (κ2) is 12.5. The normalized spacial score (nSPS) is 13.9. The Morgan fingerprint density at radius 2 is 1.74 bits per heavy atom. The molecule has 0 atom stereocenters. The second-order valence-electron chi connectivity index (χ2n) is 10.0. The Hall–Kier alpha value is -4.00. The summed E-state index contributed by atoms with van der Waals surface area (Å²) in [5.41, 5.74) is 3.57. The lowest BCUT2D eigenvalue weighted by molar-refractivity contribution is -0.135. The number of hydrogen-bond donors (Lipinski definition) is 1. The van der Waals surface area contributed by atoms with Gasteiger partial charge in [0, 0.05) is 37.9 Å². The molecule has 0 unspecified atom stereocenters. The molecule has 2 aromatic carbocycles. The number of pyridine rings is 1. The summed E-state index contributed by atoms with van der Waals surface area (Å²) in [6, 6.07) is 22.1. The van der Waals surface area contributed by atoms with Crippen LogP contribution in [0.25, 0.3) is 11.0 Å². The van der Waals surface area contributed by atoms with Gasteiger partial charge >= 0.3 is 0 Å². The lowest BCUT2D eigenvalue weighted by atomic mass is 9.93. The van der Waals surface area contributed by atoms with Crippen LogP contribution in [0.2, 0.25) is 0 Å². The van der Waals surface area contributed by atoms with Crippen molar-refractivity contribution in [2.45, 2.75) is 64.1 Å². The smallest absolute Gasteiger partial charge is 0.252 e. The summed E-state index contributed by atoms with van der Waals surface area (Å²) in [6.45, 7) is 1.42. The molecule has 1 aliphatic rings. The fraction of sp³-hybridized carbons (Fsp3) is 0.355. The Balaban J connectivity index is 1.30. The van der Waals surface area contributed by atoms with Gasteiger partial charge in [-0.2, -0.15) is 0 Å². The van der Waals surface area contributed by atoms with E-state index >= 15 is 0 Å². The Morgan fingerprint density at radius 1 is 0.947 bits per heavy atom. The predicted octanol–water partition coefficient (Wildman–Crippen LogP) is 5.16. The van der Waals surface area contributed by atoms with E-state index in [-0.39, 0.29) is 24.4 Å². The Kier molecular flexibility index (Phi) is 8.43. The topological polar surface area (TPSA) is 80.1 Å². The number of carbonyl (C=O) groups is 2. The van der Waals surface area contributed by atoms with Gasteiger partial charge in [0.15, 0.2) is 0 Å². The summed E-state index contributed by atoms with van der Waals surface area (Å²) in [6.07, 6.45) is 10.3. The number of aryl methyl sites for hydroxylation is 1. The summed E-state index contributed by atoms with van der Waals surface area (Å²) in [5.74, 6) is 0.874. The predicted molar refractivity (Wildman–Crippen MR) is 148 cm³/mol. The van der Waals surface area contributed by atoms with Gasteiger partial charge in [0.2, 0.25) is 5.91 Å². The molecule has 5 rings (SSSR count). The highest BCUT2D eigenvalue weighted by atomic mass is 16.2. The monoisotopic (exact) mass is 509 g/mol. The van der Waals surface area contributed by atoms with Gasteiger partial charge in [-0.15, -0.1) is 0 Å². The van der Waals surface area contributed by atoms with E-state index in [9.17, 15) is 9.59 Å². The van der Waals surface area contributed by atoms with Gasteiger partial charge in [-0.3, -0.25) is 14.6 Å². The van der Waals surface area contributed by atoms with Gasteiger partial charge in [-0.1, -0.05) is 61.7 Å². The van der Waals surface area contributed by atoms with Crippen LogP contribution in [0.1, 0.15) is 60.3 Å². The van der Waals surface area contributed by atoms with Gasteiger partial charge in [-0.05, 0) is 49.1 Å². The molecule has 196 valence electrons. The number of hydrogen-bond acceptors (Lipinski definition) is 4. The van der Waals surface area contributed by atoms with Gasteiger partial charge in [0.05, 0.1) is 16.6 Å². The third-order valence-corrected chi connectivity index (χ3v) is 7.34. The van der Waals surface area contributed by atoms with Gasteiger partial charge in [0.25, 0.3) is 5.91 Å². The van der Waals surface area contributed by atoms with Crippen molar-refractivity contribution in [3.05, 3.63) is 96.1 Å². The fourth-order valence-electron chi connectivity index (χ4n) is 5.36. The van der Waals surface area contributed by atoms with Crippen LogP contribution < -0.4 is 5.32 Å². The third kappa shape index (κ3) is 6.28. The number of para-hydroxylation sites is 2. The van der Waals surface area contributed by atoms with Crippen LogP contribution in [0.15, 0.2) is 79.1 Å². The molecule has 2 heterocycles. The van der Waals surface area contributed by atoms with Crippen LogP contribution in [0.3, 0.4) is 0 Å². The number of aromatic nitrogens is 3. The van der Waals surface area contributed by atoms with E-state index in [4.69, 9.17) is 4.98 Å². The Bertz CT molecular complexity index is 1350. The molecule has 0 saturated heterocycles. The summed E-state index contributed by atoms with van der Waals surface area (Å²) < 4.78 is 2.07. The van der Waals surface area contributed by atoms with E-state index in [0.29, 0.717) is 25.1 Å². The molecule has 1 fully saturated rings. The standard InChI is InChI=1S/C31H35N5O2/c37-30(35(26-14-5-2-6-15-26)22-24-11-3-1-4-12-24)23-36-28-17-8-7-16-27(28)34-29(36)18-10-20-33-31(38)25-13-9-19-32-21-25/h1,3-4,7-9,11-13,16-17,19,21,26H,2,5-6,10,14-15,18,20,22-23H2,(H,33,38). The molecule has 7 heteroatoms. The third-order valence-electron chi connectivity index (χ3n) is 7.34. The number of fused-ring (bicyclic) bond motifs is 1. The van der Waals surface area contributed by atoms with Crippen LogP contribution in [0.4, 0.5) is 0 Å². The zero-order chi connectivity index (χ0) is 26.2. The molecule has 38 heavy (non-hydrogen) atoms.